The summed E-state index contributed by atoms with van der Waals surface area (Å²) in [7, 11) is 1.80. The Labute approximate surface area is 119 Å². The van der Waals surface area contributed by atoms with Crippen molar-refractivity contribution in [2.75, 3.05) is 44.7 Å². The molecule has 1 saturated heterocycles. The van der Waals surface area contributed by atoms with Crippen LogP contribution in [0.25, 0.3) is 0 Å². The highest BCUT2D eigenvalue weighted by Crippen LogP contribution is 2.30. The van der Waals surface area contributed by atoms with Crippen LogP contribution in [0.2, 0.25) is 0 Å². The maximum atomic E-state index is 11.7. The molecular formula is C15H21N3O2. The van der Waals surface area contributed by atoms with Crippen molar-refractivity contribution >= 4 is 11.6 Å². The molecule has 0 aliphatic carbocycles. The predicted molar refractivity (Wildman–Crippen MR) is 77.8 cm³/mol. The number of piperazine rings is 1. The van der Waals surface area contributed by atoms with Crippen LogP contribution in [0.1, 0.15) is 17.2 Å². The van der Waals surface area contributed by atoms with Gasteiger partial charge in [0.15, 0.2) is 0 Å². The molecule has 0 bridgehead atoms. The molecule has 20 heavy (non-hydrogen) atoms. The summed E-state index contributed by atoms with van der Waals surface area (Å²) in [6.45, 7) is 4.57. The fourth-order valence-electron chi connectivity index (χ4n) is 2.94. The zero-order valence-electron chi connectivity index (χ0n) is 11.8. The van der Waals surface area contributed by atoms with Gasteiger partial charge in [-0.15, -0.1) is 0 Å². The Morgan fingerprint density at radius 3 is 2.85 bits per heavy atom. The van der Waals surface area contributed by atoms with Gasteiger partial charge < -0.3 is 15.3 Å². The minimum Gasteiger partial charge on any atom is -0.387 e. The Morgan fingerprint density at radius 1 is 1.35 bits per heavy atom. The largest absolute Gasteiger partial charge is 0.387 e. The summed E-state index contributed by atoms with van der Waals surface area (Å²) in [5.41, 5.74) is 2.90. The number of aliphatic hydroxyl groups is 1. The molecule has 2 aliphatic rings. The summed E-state index contributed by atoms with van der Waals surface area (Å²) in [5.74, 6) is 0.119. The number of fused-ring (bicyclic) bond motifs is 1. The zero-order chi connectivity index (χ0) is 14.1. The molecule has 0 spiro atoms. The van der Waals surface area contributed by atoms with Crippen molar-refractivity contribution in [2.24, 2.45) is 0 Å². The smallest absolute Gasteiger partial charge is 0.231 e. The van der Waals surface area contributed by atoms with Crippen molar-refractivity contribution < 1.29 is 9.90 Å². The first-order valence-corrected chi connectivity index (χ1v) is 7.15. The standard InChI is InChI=1S/C15H21N3O2/c1-17-13-3-2-11(8-12(13)9-15(17)20)14(19)10-18-6-4-16-5-7-18/h2-3,8,14,16,19H,4-7,9-10H2,1H3. The van der Waals surface area contributed by atoms with Crippen LogP contribution >= 0.6 is 0 Å². The van der Waals surface area contributed by atoms with E-state index >= 15 is 0 Å². The van der Waals surface area contributed by atoms with Crippen molar-refractivity contribution in [1.82, 2.24) is 10.2 Å². The van der Waals surface area contributed by atoms with Gasteiger partial charge in [-0.2, -0.15) is 0 Å². The van der Waals surface area contributed by atoms with Gasteiger partial charge in [-0.1, -0.05) is 12.1 Å². The van der Waals surface area contributed by atoms with Crippen LogP contribution in [0.5, 0.6) is 0 Å². The highest BCUT2D eigenvalue weighted by Gasteiger charge is 2.25. The molecule has 0 radical (unpaired) electrons. The second-order valence-electron chi connectivity index (χ2n) is 5.58. The number of nitrogens with zero attached hydrogens (tertiary/aromatic N) is 2. The van der Waals surface area contributed by atoms with Crippen LogP contribution in [0.15, 0.2) is 18.2 Å². The molecule has 5 heteroatoms. The van der Waals surface area contributed by atoms with Gasteiger partial charge in [0, 0.05) is 45.5 Å². The SMILES string of the molecule is CN1C(=O)Cc2cc(C(O)CN3CCNCC3)ccc21. The molecule has 0 saturated carbocycles. The maximum absolute atomic E-state index is 11.7. The molecule has 1 unspecified atom stereocenters. The van der Waals surface area contributed by atoms with E-state index in [1.165, 1.54) is 0 Å². The number of nitrogens with one attached hydrogen (secondary N) is 1. The predicted octanol–water partition coefficient (Wildman–Crippen LogP) is 0.144. The minimum absolute atomic E-state index is 0.119. The van der Waals surface area contributed by atoms with Gasteiger partial charge in [-0.3, -0.25) is 9.69 Å². The van der Waals surface area contributed by atoms with E-state index in [1.54, 1.807) is 11.9 Å². The lowest BCUT2D eigenvalue weighted by atomic mass is 10.0. The second kappa shape index (κ2) is 5.52. The number of carbonyl (C=O) groups is 1. The molecule has 108 valence electrons. The van der Waals surface area contributed by atoms with Gasteiger partial charge in [0.2, 0.25) is 5.91 Å². The molecule has 1 amide bonds. The summed E-state index contributed by atoms with van der Waals surface area (Å²) in [6.07, 6.45) is -0.0422. The highest BCUT2D eigenvalue weighted by atomic mass is 16.3. The Hall–Kier alpha value is -1.43. The van der Waals surface area contributed by atoms with Gasteiger partial charge in [-0.25, -0.2) is 0 Å². The summed E-state index contributed by atoms with van der Waals surface area (Å²) in [5, 5.41) is 13.7. The van der Waals surface area contributed by atoms with E-state index in [-0.39, 0.29) is 5.91 Å². The van der Waals surface area contributed by atoms with E-state index in [0.717, 1.165) is 43.0 Å². The molecule has 1 fully saturated rings. The summed E-state index contributed by atoms with van der Waals surface area (Å²) in [6, 6.07) is 5.85. The van der Waals surface area contributed by atoms with Crippen LogP contribution in [0.4, 0.5) is 5.69 Å². The van der Waals surface area contributed by atoms with E-state index in [9.17, 15) is 9.90 Å². The number of hydrogen-bond acceptors (Lipinski definition) is 4. The fraction of sp³-hybridized carbons (Fsp3) is 0.533. The van der Waals surface area contributed by atoms with Crippen molar-refractivity contribution in [3.8, 4) is 0 Å². The number of anilines is 1. The minimum atomic E-state index is -0.487. The lowest BCUT2D eigenvalue weighted by Gasteiger charge is -2.29. The third-order valence-corrected chi connectivity index (χ3v) is 4.21. The first kappa shape index (κ1) is 13.5. The number of β-amino-alcohol motifs (C(OH)–C–C–N with tert-alkyl or cyclic N) is 1. The monoisotopic (exact) mass is 275 g/mol. The highest BCUT2D eigenvalue weighted by molar-refractivity contribution is 6.00. The first-order chi connectivity index (χ1) is 9.65. The van der Waals surface area contributed by atoms with Gasteiger partial charge >= 0.3 is 0 Å². The maximum Gasteiger partial charge on any atom is 0.231 e. The third-order valence-electron chi connectivity index (χ3n) is 4.21. The van der Waals surface area contributed by atoms with Crippen molar-refractivity contribution in [3.05, 3.63) is 29.3 Å². The molecule has 1 aromatic carbocycles. The molecule has 1 aromatic rings. The Bertz CT molecular complexity index is 512. The van der Waals surface area contributed by atoms with E-state index in [4.69, 9.17) is 0 Å². The van der Waals surface area contributed by atoms with Gasteiger partial charge in [0.1, 0.15) is 0 Å². The van der Waals surface area contributed by atoms with Gasteiger partial charge in [0.25, 0.3) is 0 Å². The Kier molecular flexibility index (Phi) is 3.74. The lowest BCUT2D eigenvalue weighted by Crippen LogP contribution is -2.44. The van der Waals surface area contributed by atoms with Crippen LogP contribution in [0.3, 0.4) is 0 Å². The lowest BCUT2D eigenvalue weighted by molar-refractivity contribution is -0.117. The quantitative estimate of drug-likeness (QED) is 0.824. The average molecular weight is 275 g/mol. The third kappa shape index (κ3) is 2.57. The van der Waals surface area contributed by atoms with Crippen LogP contribution < -0.4 is 10.2 Å². The van der Waals surface area contributed by atoms with Crippen molar-refractivity contribution in [3.63, 3.8) is 0 Å². The van der Waals surface area contributed by atoms with Gasteiger partial charge in [0.05, 0.1) is 12.5 Å². The number of likely N-dealkylation sites (N-methyl/N-ethyl adjacent to an activating group) is 1. The zero-order valence-corrected chi connectivity index (χ0v) is 11.8. The summed E-state index contributed by atoms with van der Waals surface area (Å²) >= 11 is 0. The number of aliphatic hydroxyl groups excluding tert-OH is 1. The average Bonchev–Trinajstić information content (AvgIpc) is 2.74. The van der Waals surface area contributed by atoms with Crippen molar-refractivity contribution in [2.45, 2.75) is 12.5 Å². The molecule has 2 aliphatic heterocycles. The number of hydrogen-bond donors (Lipinski definition) is 2. The van der Waals surface area contributed by atoms with Gasteiger partial charge in [-0.05, 0) is 17.2 Å². The number of benzene rings is 1. The second-order valence-corrected chi connectivity index (χ2v) is 5.58. The molecule has 5 nitrogen and oxygen atoms in total. The molecule has 1 atom stereocenters. The molecule has 2 N–H and O–H groups in total. The van der Waals surface area contributed by atoms with E-state index < -0.39 is 6.10 Å². The van der Waals surface area contributed by atoms with Crippen molar-refractivity contribution in [1.29, 1.82) is 0 Å². The number of amides is 1. The van der Waals surface area contributed by atoms with E-state index in [0.29, 0.717) is 13.0 Å². The van der Waals surface area contributed by atoms with E-state index in [2.05, 4.69) is 10.2 Å². The summed E-state index contributed by atoms with van der Waals surface area (Å²) in [4.78, 5) is 15.6. The number of carbonyl (C=O) groups excluding carboxylic acids is 1. The fourth-order valence-corrected chi connectivity index (χ4v) is 2.94. The molecule has 2 heterocycles. The normalized spacial score (nSPS) is 21.1. The van der Waals surface area contributed by atoms with E-state index in [1.807, 2.05) is 18.2 Å². The van der Waals surface area contributed by atoms with Crippen LogP contribution in [0, 0.1) is 0 Å². The Morgan fingerprint density at radius 2 is 2.10 bits per heavy atom. The van der Waals surface area contributed by atoms with Crippen LogP contribution in [-0.2, 0) is 11.2 Å². The van der Waals surface area contributed by atoms with Crippen LogP contribution in [-0.4, -0.2) is 55.7 Å². The topological polar surface area (TPSA) is 55.8 Å². The Balaban J connectivity index is 1.71. The molecular weight excluding hydrogens is 254 g/mol. The summed E-state index contributed by atoms with van der Waals surface area (Å²) < 4.78 is 0. The molecule has 3 rings (SSSR count). The first-order valence-electron chi connectivity index (χ1n) is 7.15. The number of rotatable bonds is 3. The molecule has 0 aromatic heterocycles.